The van der Waals surface area contributed by atoms with Gasteiger partial charge in [0.25, 0.3) is 0 Å². The van der Waals surface area contributed by atoms with Gasteiger partial charge >= 0.3 is 5.97 Å². The minimum Gasteiger partial charge on any atom is -0.478 e. The minimum atomic E-state index is -1.18. The first-order chi connectivity index (χ1) is 13.3. The average molecular weight is 465 g/mol. The lowest BCUT2D eigenvalue weighted by Crippen LogP contribution is -2.14. The van der Waals surface area contributed by atoms with E-state index in [1.807, 2.05) is 0 Å². The normalized spacial score (nSPS) is 11.6. The van der Waals surface area contributed by atoms with Crippen LogP contribution in [0.2, 0.25) is 0 Å². The molecule has 0 bridgehead atoms. The number of carbonyl (C=O) groups is 2. The number of aryl methyl sites for hydroxylation is 1. The zero-order chi connectivity index (χ0) is 20.7. The van der Waals surface area contributed by atoms with Crippen molar-refractivity contribution in [3.8, 4) is 0 Å². The Morgan fingerprint density at radius 1 is 1.36 bits per heavy atom. The monoisotopic (exact) mass is 464 g/mol. The van der Waals surface area contributed by atoms with E-state index in [4.69, 9.17) is 5.73 Å². The quantitative estimate of drug-likeness (QED) is 0.483. The van der Waals surface area contributed by atoms with Crippen molar-refractivity contribution < 1.29 is 19.1 Å². The van der Waals surface area contributed by atoms with Gasteiger partial charge in [0.2, 0.25) is 5.91 Å². The van der Waals surface area contributed by atoms with Crippen LogP contribution in [0.3, 0.4) is 0 Å². The molecule has 1 aromatic carbocycles. The number of carboxylic acids is 1. The molecule has 1 amide bonds. The van der Waals surface area contributed by atoms with Crippen molar-refractivity contribution in [1.29, 1.82) is 0 Å². The molecule has 5 nitrogen and oxygen atoms in total. The zero-order valence-corrected chi connectivity index (χ0v) is 17.1. The molecule has 28 heavy (non-hydrogen) atoms. The number of nitrogens with one attached hydrogen (secondary N) is 1. The molecular weight excluding hydrogens is 447 g/mol. The maximum Gasteiger partial charge on any atom is 0.339 e. The number of benzene rings is 1. The first-order valence-corrected chi connectivity index (χ1v) is 9.83. The lowest BCUT2D eigenvalue weighted by atomic mass is 10.1. The van der Waals surface area contributed by atoms with Gasteiger partial charge in [0.15, 0.2) is 0 Å². The van der Waals surface area contributed by atoms with E-state index in [0.717, 1.165) is 11.3 Å². The summed E-state index contributed by atoms with van der Waals surface area (Å²) in [5.41, 5.74) is 6.97. The first-order valence-electron chi connectivity index (χ1n) is 8.15. The predicted octanol–water partition coefficient (Wildman–Crippen LogP) is 4.92. The minimum absolute atomic E-state index is 0.0364. The van der Waals surface area contributed by atoms with E-state index in [0.29, 0.717) is 26.9 Å². The number of aromatic carboxylic acids is 1. The smallest absolute Gasteiger partial charge is 0.339 e. The molecule has 0 spiro atoms. The molecule has 1 aromatic heterocycles. The van der Waals surface area contributed by atoms with Crippen LogP contribution in [0.1, 0.15) is 27.2 Å². The van der Waals surface area contributed by atoms with E-state index < -0.39 is 5.97 Å². The number of allylic oxidation sites excluding steroid dienone is 4. The number of nitrogens with two attached hydrogens (primary N) is 1. The predicted molar refractivity (Wildman–Crippen MR) is 114 cm³/mol. The number of thiophene rings is 1. The Kier molecular flexibility index (Phi) is 7.71. The Bertz CT molecular complexity index is 966. The first kappa shape index (κ1) is 21.6. The van der Waals surface area contributed by atoms with Crippen LogP contribution in [0.15, 0.2) is 59.1 Å². The number of halogens is 2. The van der Waals surface area contributed by atoms with Gasteiger partial charge in [-0.25, -0.2) is 9.18 Å². The maximum atomic E-state index is 13.2. The van der Waals surface area contributed by atoms with E-state index in [1.54, 1.807) is 29.7 Å². The molecule has 0 fully saturated rings. The number of rotatable bonds is 8. The van der Waals surface area contributed by atoms with Crippen molar-refractivity contribution in [2.45, 2.75) is 12.8 Å². The molecule has 1 heterocycles. The van der Waals surface area contributed by atoms with E-state index in [-0.39, 0.29) is 29.4 Å². The molecule has 0 aliphatic rings. The number of hydrogen-bond donors (Lipinski definition) is 3. The van der Waals surface area contributed by atoms with Gasteiger partial charge in [-0.1, -0.05) is 40.7 Å². The number of hydrogen-bond acceptors (Lipinski definition) is 4. The van der Waals surface area contributed by atoms with Crippen LogP contribution < -0.4 is 11.1 Å². The summed E-state index contributed by atoms with van der Waals surface area (Å²) in [6.45, 7) is 3.68. The van der Waals surface area contributed by atoms with Crippen LogP contribution in [-0.4, -0.2) is 17.0 Å². The summed E-state index contributed by atoms with van der Waals surface area (Å²) in [6.07, 6.45) is 5.00. The van der Waals surface area contributed by atoms with Crippen molar-refractivity contribution in [3.05, 3.63) is 80.9 Å². The van der Waals surface area contributed by atoms with Gasteiger partial charge in [0, 0.05) is 28.1 Å². The molecule has 0 aliphatic heterocycles. The average Bonchev–Trinajstić information content (AvgIpc) is 3.04. The lowest BCUT2D eigenvalue weighted by Gasteiger charge is -2.07. The number of amides is 1. The number of carbonyl (C=O) groups excluding carboxylic acids is 1. The molecule has 0 saturated carbocycles. The van der Waals surface area contributed by atoms with E-state index in [9.17, 15) is 19.1 Å². The van der Waals surface area contributed by atoms with Crippen molar-refractivity contribution in [1.82, 2.24) is 0 Å². The van der Waals surface area contributed by atoms with Gasteiger partial charge in [-0.15, -0.1) is 11.3 Å². The SMILES string of the molecule is C=C(Br)/C=C\C(=C/N)c1scc(NC(=O)CCc2cccc(F)c2)c1C(=O)O. The van der Waals surface area contributed by atoms with Gasteiger partial charge in [0.1, 0.15) is 11.4 Å². The van der Waals surface area contributed by atoms with Gasteiger partial charge < -0.3 is 16.2 Å². The molecule has 0 radical (unpaired) electrons. The highest BCUT2D eigenvalue weighted by atomic mass is 79.9. The topological polar surface area (TPSA) is 92.4 Å². The summed E-state index contributed by atoms with van der Waals surface area (Å²) in [6, 6.07) is 5.99. The third-order valence-electron chi connectivity index (χ3n) is 3.69. The molecular formula is C20H18BrFN2O3S. The van der Waals surface area contributed by atoms with Crippen LogP contribution in [0.5, 0.6) is 0 Å². The van der Waals surface area contributed by atoms with E-state index in [2.05, 4.69) is 27.8 Å². The summed E-state index contributed by atoms with van der Waals surface area (Å²) in [5, 5.41) is 13.8. The van der Waals surface area contributed by atoms with Crippen LogP contribution in [0, 0.1) is 5.82 Å². The Morgan fingerprint density at radius 2 is 2.11 bits per heavy atom. The Hall–Kier alpha value is -2.71. The highest BCUT2D eigenvalue weighted by molar-refractivity contribution is 9.11. The fourth-order valence-electron chi connectivity index (χ4n) is 2.42. The third-order valence-corrected chi connectivity index (χ3v) is 4.99. The molecule has 0 aliphatic carbocycles. The van der Waals surface area contributed by atoms with Crippen LogP contribution in [0.25, 0.3) is 5.57 Å². The molecule has 146 valence electrons. The second-order valence-corrected chi connectivity index (χ2v) is 7.64. The highest BCUT2D eigenvalue weighted by Crippen LogP contribution is 2.33. The van der Waals surface area contributed by atoms with Crippen LogP contribution >= 0.6 is 27.3 Å². The fourth-order valence-corrected chi connectivity index (χ4v) is 3.56. The van der Waals surface area contributed by atoms with Gasteiger partial charge in [-0.05, 0) is 30.2 Å². The zero-order valence-electron chi connectivity index (χ0n) is 14.7. The fraction of sp³-hybridized carbons (Fsp3) is 0.100. The summed E-state index contributed by atoms with van der Waals surface area (Å²) < 4.78 is 13.8. The summed E-state index contributed by atoms with van der Waals surface area (Å²) in [5.74, 6) is -1.91. The van der Waals surface area contributed by atoms with E-state index in [1.165, 1.54) is 18.3 Å². The molecule has 0 unspecified atom stereocenters. The summed E-state index contributed by atoms with van der Waals surface area (Å²) in [7, 11) is 0. The van der Waals surface area contributed by atoms with Crippen molar-refractivity contribution >= 4 is 50.4 Å². The number of carboxylic acid groups (broad SMARTS) is 1. The molecule has 4 N–H and O–H groups in total. The van der Waals surface area contributed by atoms with Crippen molar-refractivity contribution in [3.63, 3.8) is 0 Å². The molecule has 0 atom stereocenters. The molecule has 2 aromatic rings. The van der Waals surface area contributed by atoms with Crippen LogP contribution in [0.4, 0.5) is 10.1 Å². The van der Waals surface area contributed by atoms with Gasteiger partial charge in [0.05, 0.1) is 10.6 Å². The highest BCUT2D eigenvalue weighted by Gasteiger charge is 2.21. The lowest BCUT2D eigenvalue weighted by molar-refractivity contribution is -0.116. The van der Waals surface area contributed by atoms with Gasteiger partial charge in [-0.2, -0.15) is 0 Å². The van der Waals surface area contributed by atoms with Gasteiger partial charge in [-0.3, -0.25) is 4.79 Å². The standard InChI is InChI=1S/C20H18BrFN2O3S/c1-12(21)5-7-14(10-23)19-18(20(26)27)16(11-28-19)24-17(25)8-6-13-3-2-4-15(22)9-13/h2-5,7,9-11H,1,6,8,23H2,(H,24,25)(H,26,27)/b7-5-,14-10+. The molecule has 2 rings (SSSR count). The maximum absolute atomic E-state index is 13.2. The van der Waals surface area contributed by atoms with E-state index >= 15 is 0 Å². The summed E-state index contributed by atoms with van der Waals surface area (Å²) in [4.78, 5) is 24.4. The second kappa shape index (κ2) is 10.0. The van der Waals surface area contributed by atoms with Crippen molar-refractivity contribution in [2.24, 2.45) is 5.73 Å². The van der Waals surface area contributed by atoms with Crippen LogP contribution in [-0.2, 0) is 11.2 Å². The van der Waals surface area contributed by atoms with Crippen molar-refractivity contribution in [2.75, 3.05) is 5.32 Å². The second-order valence-electron chi connectivity index (χ2n) is 5.74. The molecule has 0 saturated heterocycles. The Labute approximate surface area is 174 Å². The summed E-state index contributed by atoms with van der Waals surface area (Å²) >= 11 is 4.35. The Balaban J connectivity index is 2.17. The molecule has 8 heteroatoms. The number of anilines is 1. The largest absolute Gasteiger partial charge is 0.478 e. The Morgan fingerprint density at radius 3 is 2.71 bits per heavy atom. The third kappa shape index (κ3) is 5.90.